The van der Waals surface area contributed by atoms with Gasteiger partial charge in [-0.25, -0.2) is 9.79 Å². The molecular formula is C15H17N3O5. The monoisotopic (exact) mass is 319 g/mol. The van der Waals surface area contributed by atoms with Crippen LogP contribution in [0.3, 0.4) is 0 Å². The second-order valence-electron chi connectivity index (χ2n) is 4.74. The topological polar surface area (TPSA) is 103 Å². The van der Waals surface area contributed by atoms with Gasteiger partial charge in [-0.05, 0) is 19.9 Å². The summed E-state index contributed by atoms with van der Waals surface area (Å²) in [6.45, 7) is 3.55. The molecule has 0 aliphatic carbocycles. The van der Waals surface area contributed by atoms with Gasteiger partial charge in [-0.3, -0.25) is 10.1 Å². The normalized spacial score (nSPS) is 17.2. The van der Waals surface area contributed by atoms with Crippen molar-refractivity contribution in [1.82, 2.24) is 5.32 Å². The van der Waals surface area contributed by atoms with Crippen molar-refractivity contribution in [3.8, 4) is 0 Å². The third-order valence-electron chi connectivity index (χ3n) is 3.33. The molecule has 1 atom stereocenters. The van der Waals surface area contributed by atoms with Crippen LogP contribution in [0.2, 0.25) is 0 Å². The number of esters is 1. The van der Waals surface area contributed by atoms with Gasteiger partial charge in [-0.15, -0.1) is 0 Å². The summed E-state index contributed by atoms with van der Waals surface area (Å²) < 4.78 is 10.1. The lowest BCUT2D eigenvalue weighted by Crippen LogP contribution is -2.33. The van der Waals surface area contributed by atoms with Crippen molar-refractivity contribution in [3.05, 3.63) is 51.2 Å². The molecule has 1 aromatic rings. The first-order chi connectivity index (χ1) is 11.0. The van der Waals surface area contributed by atoms with E-state index in [9.17, 15) is 14.9 Å². The van der Waals surface area contributed by atoms with Crippen molar-refractivity contribution < 1.29 is 19.2 Å². The van der Waals surface area contributed by atoms with Crippen LogP contribution < -0.4 is 5.32 Å². The van der Waals surface area contributed by atoms with E-state index in [0.717, 1.165) is 0 Å². The lowest BCUT2D eigenvalue weighted by atomic mass is 9.95. The predicted molar refractivity (Wildman–Crippen MR) is 82.8 cm³/mol. The number of benzene rings is 1. The second kappa shape index (κ2) is 6.91. The van der Waals surface area contributed by atoms with Gasteiger partial charge in [-0.2, -0.15) is 0 Å². The SMILES string of the molecule is CCOC(=O)C1=C(C)NC(OC)=NC1c1ccccc1[N+](=O)[O-]. The number of amidine groups is 1. The molecule has 8 heteroatoms. The maximum absolute atomic E-state index is 12.3. The number of methoxy groups -OCH3 is 1. The summed E-state index contributed by atoms with van der Waals surface area (Å²) >= 11 is 0. The number of nitro benzene ring substituents is 1. The number of nitro groups is 1. The molecular weight excluding hydrogens is 302 g/mol. The standard InChI is InChI=1S/C15H17N3O5/c1-4-23-14(19)12-9(2)16-15(22-3)17-13(12)10-7-5-6-8-11(10)18(20)21/h5-8,13H,4H2,1-3H3,(H,16,17). The Morgan fingerprint density at radius 3 is 2.74 bits per heavy atom. The average molecular weight is 319 g/mol. The highest BCUT2D eigenvalue weighted by atomic mass is 16.6. The molecule has 0 saturated carbocycles. The predicted octanol–water partition coefficient (Wildman–Crippen LogP) is 2.08. The molecule has 122 valence electrons. The first-order valence-corrected chi connectivity index (χ1v) is 6.99. The van der Waals surface area contributed by atoms with Crippen LogP contribution in [0.15, 0.2) is 40.5 Å². The van der Waals surface area contributed by atoms with Gasteiger partial charge < -0.3 is 14.8 Å². The number of nitrogens with zero attached hydrogens (tertiary/aromatic N) is 2. The fourth-order valence-corrected chi connectivity index (χ4v) is 2.33. The van der Waals surface area contributed by atoms with Gasteiger partial charge in [0.05, 0.1) is 29.8 Å². The average Bonchev–Trinajstić information content (AvgIpc) is 2.54. The van der Waals surface area contributed by atoms with E-state index in [1.165, 1.54) is 13.2 Å². The molecule has 1 heterocycles. The molecule has 0 fully saturated rings. The van der Waals surface area contributed by atoms with E-state index in [4.69, 9.17) is 9.47 Å². The maximum atomic E-state index is 12.3. The van der Waals surface area contributed by atoms with Crippen LogP contribution in [0, 0.1) is 10.1 Å². The zero-order valence-corrected chi connectivity index (χ0v) is 13.0. The number of carbonyl (C=O) groups is 1. The highest BCUT2D eigenvalue weighted by Crippen LogP contribution is 2.36. The van der Waals surface area contributed by atoms with Crippen molar-refractivity contribution in [2.24, 2.45) is 4.99 Å². The smallest absolute Gasteiger partial charge is 0.338 e. The van der Waals surface area contributed by atoms with E-state index in [-0.39, 0.29) is 23.9 Å². The van der Waals surface area contributed by atoms with Crippen LogP contribution in [0.5, 0.6) is 0 Å². The lowest BCUT2D eigenvalue weighted by molar-refractivity contribution is -0.385. The van der Waals surface area contributed by atoms with Crippen molar-refractivity contribution in [2.45, 2.75) is 19.9 Å². The third-order valence-corrected chi connectivity index (χ3v) is 3.33. The Labute approximate surface area is 133 Å². The van der Waals surface area contributed by atoms with Gasteiger partial charge in [0.15, 0.2) is 0 Å². The summed E-state index contributed by atoms with van der Waals surface area (Å²) in [6, 6.07) is 5.47. The van der Waals surface area contributed by atoms with Crippen LogP contribution >= 0.6 is 0 Å². The van der Waals surface area contributed by atoms with Gasteiger partial charge in [0, 0.05) is 11.8 Å². The third kappa shape index (κ3) is 3.31. The Hall–Kier alpha value is -2.90. The van der Waals surface area contributed by atoms with Crippen molar-refractivity contribution in [3.63, 3.8) is 0 Å². The molecule has 0 spiro atoms. The molecule has 23 heavy (non-hydrogen) atoms. The lowest BCUT2D eigenvalue weighted by Gasteiger charge is -2.24. The number of ether oxygens (including phenoxy) is 2. The maximum Gasteiger partial charge on any atom is 0.338 e. The first kappa shape index (κ1) is 16.5. The van der Waals surface area contributed by atoms with E-state index >= 15 is 0 Å². The highest BCUT2D eigenvalue weighted by molar-refractivity contribution is 5.94. The zero-order chi connectivity index (χ0) is 17.0. The van der Waals surface area contributed by atoms with Crippen LogP contribution in [0.1, 0.15) is 25.5 Å². The minimum Gasteiger partial charge on any atom is -0.468 e. The number of hydrogen-bond acceptors (Lipinski definition) is 7. The number of nitrogens with one attached hydrogen (secondary N) is 1. The molecule has 1 N–H and O–H groups in total. The Morgan fingerprint density at radius 1 is 1.43 bits per heavy atom. The largest absolute Gasteiger partial charge is 0.468 e. The minimum absolute atomic E-state index is 0.117. The van der Waals surface area contributed by atoms with Gasteiger partial charge in [0.25, 0.3) is 11.7 Å². The second-order valence-corrected chi connectivity index (χ2v) is 4.74. The van der Waals surface area contributed by atoms with Gasteiger partial charge >= 0.3 is 5.97 Å². The molecule has 0 saturated heterocycles. The first-order valence-electron chi connectivity index (χ1n) is 6.99. The minimum atomic E-state index is -0.869. The fraction of sp³-hybridized carbons (Fsp3) is 0.333. The van der Waals surface area contributed by atoms with Crippen molar-refractivity contribution in [2.75, 3.05) is 13.7 Å². The number of hydrogen-bond donors (Lipinski definition) is 1. The van der Waals surface area contributed by atoms with Crippen LogP contribution in [0.4, 0.5) is 5.69 Å². The fourth-order valence-electron chi connectivity index (χ4n) is 2.33. The molecule has 1 unspecified atom stereocenters. The molecule has 0 bridgehead atoms. The van der Waals surface area contributed by atoms with E-state index in [1.807, 2.05) is 0 Å². The molecule has 2 rings (SSSR count). The van der Waals surface area contributed by atoms with Crippen LogP contribution in [0.25, 0.3) is 0 Å². The molecule has 0 amide bonds. The van der Waals surface area contributed by atoms with Crippen LogP contribution in [-0.4, -0.2) is 30.6 Å². The summed E-state index contributed by atoms with van der Waals surface area (Å²) in [5, 5.41) is 14.1. The molecule has 8 nitrogen and oxygen atoms in total. The highest BCUT2D eigenvalue weighted by Gasteiger charge is 2.34. The van der Waals surface area contributed by atoms with Gasteiger partial charge in [0.1, 0.15) is 6.04 Å². The molecule has 0 radical (unpaired) electrons. The summed E-state index contributed by atoms with van der Waals surface area (Å²) in [7, 11) is 1.42. The number of aliphatic imine (C=N–C) groups is 1. The Kier molecular flexibility index (Phi) is 4.95. The van der Waals surface area contributed by atoms with Gasteiger partial charge in [0.2, 0.25) is 0 Å². The molecule has 0 aromatic heterocycles. The van der Waals surface area contributed by atoms with Crippen LogP contribution in [-0.2, 0) is 14.3 Å². The summed E-state index contributed by atoms with van der Waals surface area (Å²) in [5.74, 6) is -0.570. The van der Waals surface area contributed by atoms with E-state index in [2.05, 4.69) is 10.3 Å². The van der Waals surface area contributed by atoms with E-state index in [1.54, 1.807) is 32.0 Å². The zero-order valence-electron chi connectivity index (χ0n) is 13.0. The number of rotatable bonds is 4. The molecule has 1 aliphatic rings. The van der Waals surface area contributed by atoms with E-state index < -0.39 is 16.9 Å². The number of carbonyl (C=O) groups excluding carboxylic acids is 1. The Balaban J connectivity index is 2.58. The van der Waals surface area contributed by atoms with Crippen molar-refractivity contribution in [1.29, 1.82) is 0 Å². The Morgan fingerprint density at radius 2 is 2.13 bits per heavy atom. The number of allylic oxidation sites excluding steroid dienone is 1. The van der Waals surface area contributed by atoms with E-state index in [0.29, 0.717) is 11.3 Å². The Bertz CT molecular complexity index is 696. The number of para-hydroxylation sites is 1. The summed E-state index contributed by atoms with van der Waals surface area (Å²) in [6.07, 6.45) is 0. The van der Waals surface area contributed by atoms with Crippen molar-refractivity contribution >= 4 is 17.7 Å². The summed E-state index contributed by atoms with van der Waals surface area (Å²) in [4.78, 5) is 27.3. The summed E-state index contributed by atoms with van der Waals surface area (Å²) in [5.41, 5.74) is 0.893. The van der Waals surface area contributed by atoms with Gasteiger partial charge in [-0.1, -0.05) is 12.1 Å². The molecule has 1 aromatic carbocycles. The quantitative estimate of drug-likeness (QED) is 0.518. The molecule has 1 aliphatic heterocycles.